The van der Waals surface area contributed by atoms with Gasteiger partial charge in [0.25, 0.3) is 5.91 Å². The zero-order valence-electron chi connectivity index (χ0n) is 14.7. The van der Waals surface area contributed by atoms with Crippen LogP contribution in [0.25, 0.3) is 0 Å². The molecule has 0 radical (unpaired) electrons. The zero-order chi connectivity index (χ0) is 18.9. The van der Waals surface area contributed by atoms with Crippen LogP contribution in [-0.4, -0.2) is 25.1 Å². The van der Waals surface area contributed by atoms with Gasteiger partial charge in [-0.05, 0) is 43.2 Å². The molecule has 0 aliphatic heterocycles. The molecule has 1 amide bonds. The van der Waals surface area contributed by atoms with Crippen molar-refractivity contribution >= 4 is 17.6 Å². The fourth-order valence-electron chi connectivity index (χ4n) is 2.27. The van der Waals surface area contributed by atoms with Gasteiger partial charge in [0.15, 0.2) is 6.10 Å². The lowest BCUT2D eigenvalue weighted by molar-refractivity contribution is -0.153. The van der Waals surface area contributed by atoms with Crippen molar-refractivity contribution in [3.63, 3.8) is 0 Å². The van der Waals surface area contributed by atoms with E-state index < -0.39 is 18.0 Å². The van der Waals surface area contributed by atoms with Gasteiger partial charge in [-0.2, -0.15) is 5.26 Å². The lowest BCUT2D eigenvalue weighted by Crippen LogP contribution is -2.30. The average Bonchev–Trinajstić information content (AvgIpc) is 2.67. The number of hydrogen-bond acceptors (Lipinski definition) is 5. The molecule has 0 aromatic heterocycles. The van der Waals surface area contributed by atoms with E-state index in [1.807, 2.05) is 30.3 Å². The SMILES string of the molecule is COc1ccc(CCC(=O)O[C@H](C)C(=O)Nc2ccccc2C#N)cc1. The zero-order valence-corrected chi connectivity index (χ0v) is 14.7. The van der Waals surface area contributed by atoms with Crippen LogP contribution in [0.4, 0.5) is 5.69 Å². The number of esters is 1. The van der Waals surface area contributed by atoms with Gasteiger partial charge in [0.2, 0.25) is 0 Å². The number of para-hydroxylation sites is 1. The molecule has 0 fully saturated rings. The fourth-order valence-corrected chi connectivity index (χ4v) is 2.27. The molecule has 6 heteroatoms. The number of rotatable bonds is 7. The third kappa shape index (κ3) is 5.35. The number of aryl methyl sites for hydroxylation is 1. The van der Waals surface area contributed by atoms with Gasteiger partial charge in [0.05, 0.1) is 18.4 Å². The van der Waals surface area contributed by atoms with Crippen molar-refractivity contribution in [2.75, 3.05) is 12.4 Å². The number of carbonyl (C=O) groups excluding carboxylic acids is 2. The number of nitriles is 1. The van der Waals surface area contributed by atoms with Crippen molar-refractivity contribution in [3.8, 4) is 11.8 Å². The minimum absolute atomic E-state index is 0.165. The lowest BCUT2D eigenvalue weighted by atomic mass is 10.1. The van der Waals surface area contributed by atoms with E-state index in [4.69, 9.17) is 14.7 Å². The molecule has 0 unspecified atom stereocenters. The van der Waals surface area contributed by atoms with Gasteiger partial charge in [0, 0.05) is 6.42 Å². The molecule has 0 spiro atoms. The summed E-state index contributed by atoms with van der Waals surface area (Å²) in [4.78, 5) is 24.1. The Balaban J connectivity index is 1.83. The van der Waals surface area contributed by atoms with Crippen molar-refractivity contribution in [2.24, 2.45) is 0 Å². The van der Waals surface area contributed by atoms with Gasteiger partial charge in [-0.25, -0.2) is 0 Å². The Kier molecular flexibility index (Phi) is 6.75. The Morgan fingerprint density at radius 3 is 2.50 bits per heavy atom. The Morgan fingerprint density at radius 2 is 1.85 bits per heavy atom. The van der Waals surface area contributed by atoms with Crippen LogP contribution in [-0.2, 0) is 20.7 Å². The van der Waals surface area contributed by atoms with Gasteiger partial charge in [-0.3, -0.25) is 9.59 Å². The minimum atomic E-state index is -0.954. The summed E-state index contributed by atoms with van der Waals surface area (Å²) in [6.45, 7) is 1.50. The first kappa shape index (κ1) is 19.0. The topological polar surface area (TPSA) is 88.4 Å². The van der Waals surface area contributed by atoms with E-state index in [1.54, 1.807) is 31.4 Å². The largest absolute Gasteiger partial charge is 0.497 e. The molecule has 1 N–H and O–H groups in total. The average molecular weight is 352 g/mol. The van der Waals surface area contributed by atoms with E-state index in [0.29, 0.717) is 17.7 Å². The van der Waals surface area contributed by atoms with Gasteiger partial charge >= 0.3 is 5.97 Å². The van der Waals surface area contributed by atoms with Crippen molar-refractivity contribution in [1.29, 1.82) is 5.26 Å². The Hall–Kier alpha value is -3.33. The standard InChI is InChI=1S/C20H20N2O4/c1-14(20(24)22-18-6-4-3-5-16(18)13-21)26-19(23)12-9-15-7-10-17(25-2)11-8-15/h3-8,10-11,14H,9,12H2,1-2H3,(H,22,24)/t14-/m1/s1. The summed E-state index contributed by atoms with van der Waals surface area (Å²) < 4.78 is 10.2. The first-order valence-corrected chi connectivity index (χ1v) is 8.16. The second kappa shape index (κ2) is 9.23. The predicted molar refractivity (Wildman–Crippen MR) is 96.7 cm³/mol. The normalized spacial score (nSPS) is 11.1. The summed E-state index contributed by atoms with van der Waals surface area (Å²) in [5, 5.41) is 11.6. The van der Waals surface area contributed by atoms with Crippen LogP contribution >= 0.6 is 0 Å². The molecular formula is C20H20N2O4. The van der Waals surface area contributed by atoms with Crippen molar-refractivity contribution in [2.45, 2.75) is 25.9 Å². The first-order valence-electron chi connectivity index (χ1n) is 8.16. The van der Waals surface area contributed by atoms with Gasteiger partial charge < -0.3 is 14.8 Å². The van der Waals surface area contributed by atoms with Gasteiger partial charge in [-0.15, -0.1) is 0 Å². The number of nitrogens with one attached hydrogen (secondary N) is 1. The summed E-state index contributed by atoms with van der Waals surface area (Å²) in [5.41, 5.74) is 1.71. The van der Waals surface area contributed by atoms with Crippen molar-refractivity contribution < 1.29 is 19.1 Å². The molecule has 2 aromatic rings. The summed E-state index contributed by atoms with van der Waals surface area (Å²) >= 11 is 0. The van der Waals surface area contributed by atoms with Crippen LogP contribution in [0.1, 0.15) is 24.5 Å². The maximum Gasteiger partial charge on any atom is 0.306 e. The molecule has 1 atom stereocenters. The molecule has 26 heavy (non-hydrogen) atoms. The summed E-state index contributed by atoms with van der Waals surface area (Å²) in [6, 6.07) is 16.0. The molecular weight excluding hydrogens is 332 g/mol. The Morgan fingerprint density at radius 1 is 1.15 bits per heavy atom. The minimum Gasteiger partial charge on any atom is -0.497 e. The van der Waals surface area contributed by atoms with Crippen molar-refractivity contribution in [3.05, 3.63) is 59.7 Å². The van der Waals surface area contributed by atoms with Crippen LogP contribution < -0.4 is 10.1 Å². The fraction of sp³-hybridized carbons (Fsp3) is 0.250. The first-order chi connectivity index (χ1) is 12.5. The molecule has 0 heterocycles. The van der Waals surface area contributed by atoms with E-state index in [2.05, 4.69) is 5.32 Å². The van der Waals surface area contributed by atoms with Crippen molar-refractivity contribution in [1.82, 2.24) is 0 Å². The molecule has 0 bridgehead atoms. The summed E-state index contributed by atoms with van der Waals surface area (Å²) in [6.07, 6.45) is -0.280. The summed E-state index contributed by atoms with van der Waals surface area (Å²) in [7, 11) is 1.59. The van der Waals surface area contributed by atoms with Gasteiger partial charge in [0.1, 0.15) is 11.8 Å². The van der Waals surface area contributed by atoms with Crippen LogP contribution in [0.5, 0.6) is 5.75 Å². The highest BCUT2D eigenvalue weighted by Crippen LogP contribution is 2.15. The maximum atomic E-state index is 12.1. The Bertz CT molecular complexity index is 809. The highest BCUT2D eigenvalue weighted by atomic mass is 16.5. The number of nitrogens with zero attached hydrogens (tertiary/aromatic N) is 1. The second-order valence-corrected chi connectivity index (χ2v) is 5.63. The number of anilines is 1. The van der Waals surface area contributed by atoms with E-state index in [9.17, 15) is 9.59 Å². The number of benzene rings is 2. The lowest BCUT2D eigenvalue weighted by Gasteiger charge is -2.14. The maximum absolute atomic E-state index is 12.1. The highest BCUT2D eigenvalue weighted by molar-refractivity contribution is 5.96. The van der Waals surface area contributed by atoms with Crippen LogP contribution in [0.15, 0.2) is 48.5 Å². The number of hydrogen-bond donors (Lipinski definition) is 1. The number of amides is 1. The number of methoxy groups -OCH3 is 1. The quantitative estimate of drug-likeness (QED) is 0.774. The molecule has 0 aliphatic rings. The van der Waals surface area contributed by atoms with E-state index in [-0.39, 0.29) is 6.42 Å². The molecule has 0 aliphatic carbocycles. The Labute approximate surface area is 152 Å². The van der Waals surface area contributed by atoms with Crippen LogP contribution in [0.3, 0.4) is 0 Å². The van der Waals surface area contributed by atoms with Gasteiger partial charge in [-0.1, -0.05) is 24.3 Å². The second-order valence-electron chi connectivity index (χ2n) is 5.63. The molecule has 2 aromatic carbocycles. The van der Waals surface area contributed by atoms with E-state index in [0.717, 1.165) is 11.3 Å². The van der Waals surface area contributed by atoms with E-state index in [1.165, 1.54) is 6.92 Å². The predicted octanol–water partition coefficient (Wildman–Crippen LogP) is 3.07. The molecule has 0 saturated heterocycles. The van der Waals surface area contributed by atoms with Crippen LogP contribution in [0.2, 0.25) is 0 Å². The number of ether oxygens (including phenoxy) is 2. The third-order valence-corrected chi connectivity index (χ3v) is 3.76. The monoisotopic (exact) mass is 352 g/mol. The summed E-state index contributed by atoms with van der Waals surface area (Å²) in [5.74, 6) is -0.193. The smallest absolute Gasteiger partial charge is 0.306 e. The molecule has 134 valence electrons. The highest BCUT2D eigenvalue weighted by Gasteiger charge is 2.18. The molecule has 6 nitrogen and oxygen atoms in total. The molecule has 0 saturated carbocycles. The number of carbonyl (C=O) groups is 2. The van der Waals surface area contributed by atoms with Crippen LogP contribution in [0, 0.1) is 11.3 Å². The van der Waals surface area contributed by atoms with E-state index >= 15 is 0 Å². The molecule has 2 rings (SSSR count). The third-order valence-electron chi connectivity index (χ3n) is 3.76.